The molecule has 1 heterocycles. The smallest absolute Gasteiger partial charge is 0.415 e. The number of aliphatic hydroxyl groups excluding tert-OH is 1. The number of nitro groups is 1. The van der Waals surface area contributed by atoms with Crippen molar-refractivity contribution in [2.45, 2.75) is 57.8 Å². The summed E-state index contributed by atoms with van der Waals surface area (Å²) in [6.45, 7) is 5.94. The normalized spacial score (nSPS) is 15.2. The number of carbonyl (C=O) groups is 3. The molecule has 4 rings (SSSR count). The number of hydrogen-bond donors (Lipinski definition) is 2. The number of hydrogen-bond acceptors (Lipinski definition) is 8. The number of nitrogens with one attached hydrogen (secondary N) is 1. The minimum Gasteiger partial charge on any atom is -0.444 e. The number of nitro benzene ring substituents is 1. The topological polar surface area (TPSA) is 152 Å². The number of carbonyl (C=O) groups excluding carboxylic acids is 3. The molecule has 3 aromatic carbocycles. The van der Waals surface area contributed by atoms with Crippen molar-refractivity contribution in [3.63, 3.8) is 0 Å². The number of amides is 3. The van der Waals surface area contributed by atoms with Gasteiger partial charge in [-0.05, 0) is 87.6 Å². The lowest BCUT2D eigenvalue weighted by atomic mass is 10.1. The Morgan fingerprint density at radius 2 is 1.80 bits per heavy atom. The van der Waals surface area contributed by atoms with E-state index in [9.17, 15) is 29.6 Å². The number of benzene rings is 3. The van der Waals surface area contributed by atoms with E-state index in [0.717, 1.165) is 5.56 Å². The molecule has 1 fully saturated rings. The minimum absolute atomic E-state index is 0.00785. The Morgan fingerprint density at radius 1 is 1.11 bits per heavy atom. The third-order valence-corrected chi connectivity index (χ3v) is 7.45. The molecule has 0 bridgehead atoms. The molecular formula is C33H37ClN4O8. The van der Waals surface area contributed by atoms with Crippen molar-refractivity contribution in [1.29, 1.82) is 0 Å². The number of halogens is 1. The maximum Gasteiger partial charge on any atom is 0.415 e. The molecule has 0 spiro atoms. The van der Waals surface area contributed by atoms with E-state index in [1.54, 1.807) is 57.2 Å². The number of aliphatic hydroxyl groups is 1. The average Bonchev–Trinajstić information content (AvgIpc) is 3.50. The molecule has 2 N–H and O–H groups in total. The summed E-state index contributed by atoms with van der Waals surface area (Å²) < 4.78 is 10.9. The zero-order valence-electron chi connectivity index (χ0n) is 25.9. The van der Waals surface area contributed by atoms with Crippen LogP contribution in [-0.4, -0.2) is 69.2 Å². The molecule has 12 nitrogen and oxygen atoms in total. The molecule has 2 atom stereocenters. The summed E-state index contributed by atoms with van der Waals surface area (Å²) >= 11 is 6.08. The fourth-order valence-electron chi connectivity index (χ4n) is 4.91. The Hall–Kier alpha value is -4.68. The lowest BCUT2D eigenvalue weighted by Gasteiger charge is -2.29. The first-order chi connectivity index (χ1) is 21.8. The quantitative estimate of drug-likeness (QED) is 0.190. The summed E-state index contributed by atoms with van der Waals surface area (Å²) in [4.78, 5) is 52.0. The van der Waals surface area contributed by atoms with Gasteiger partial charge in [0.05, 0.1) is 17.6 Å². The Morgan fingerprint density at radius 3 is 2.43 bits per heavy atom. The fraction of sp³-hybridized carbons (Fsp3) is 0.364. The average molecular weight is 653 g/mol. The van der Waals surface area contributed by atoms with Gasteiger partial charge < -0.3 is 24.8 Å². The van der Waals surface area contributed by atoms with Crippen molar-refractivity contribution < 1.29 is 33.9 Å². The number of non-ortho nitro benzene ring substituents is 1. The van der Waals surface area contributed by atoms with Gasteiger partial charge in [-0.2, -0.15) is 0 Å². The molecule has 0 aromatic heterocycles. The molecule has 2 unspecified atom stereocenters. The third kappa shape index (κ3) is 9.66. The zero-order chi connectivity index (χ0) is 33.4. The fourth-order valence-corrected chi connectivity index (χ4v) is 5.11. The van der Waals surface area contributed by atoms with Gasteiger partial charge in [-0.3, -0.25) is 19.8 Å². The number of rotatable bonds is 10. The lowest BCUT2D eigenvalue weighted by Crippen LogP contribution is -2.44. The van der Waals surface area contributed by atoms with Crippen LogP contribution in [0.3, 0.4) is 0 Å². The molecule has 1 saturated heterocycles. The Bertz CT molecular complexity index is 1540. The molecular weight excluding hydrogens is 616 g/mol. The molecule has 0 saturated carbocycles. The first-order valence-corrected chi connectivity index (χ1v) is 15.2. The molecule has 3 aromatic rings. The maximum atomic E-state index is 13.1. The molecule has 1 aliphatic heterocycles. The SMILES string of the molecule is CC(C)(C)OC(=O)N(CCc1ccc(NC(=O)C2CCCN2C(=O)Oc2ccc([N+](=O)[O-])cc2)cc1)CC(O)c1cccc(Cl)c1. The van der Waals surface area contributed by atoms with Crippen LogP contribution in [0.4, 0.5) is 21.0 Å². The maximum absolute atomic E-state index is 13.1. The van der Waals surface area contributed by atoms with Crippen LogP contribution in [0.5, 0.6) is 5.75 Å². The van der Waals surface area contributed by atoms with E-state index in [0.29, 0.717) is 42.1 Å². The van der Waals surface area contributed by atoms with Crippen molar-refractivity contribution in [3.05, 3.63) is 99.1 Å². The van der Waals surface area contributed by atoms with Gasteiger partial charge >= 0.3 is 12.2 Å². The summed E-state index contributed by atoms with van der Waals surface area (Å²) in [5.41, 5.74) is 1.16. The second-order valence-electron chi connectivity index (χ2n) is 11.9. The van der Waals surface area contributed by atoms with E-state index in [4.69, 9.17) is 21.1 Å². The summed E-state index contributed by atoms with van der Waals surface area (Å²) in [6.07, 6.45) is -0.693. The first kappa shape index (κ1) is 34.2. The zero-order valence-corrected chi connectivity index (χ0v) is 26.6. The molecule has 244 valence electrons. The van der Waals surface area contributed by atoms with Crippen molar-refractivity contribution in [2.75, 3.05) is 25.0 Å². The van der Waals surface area contributed by atoms with Crippen LogP contribution in [0.25, 0.3) is 0 Å². The third-order valence-electron chi connectivity index (χ3n) is 7.21. The second-order valence-corrected chi connectivity index (χ2v) is 12.3. The standard InChI is InChI=1S/C33H37ClN4O8/c1-33(2,3)46-31(41)36(21-29(39)23-6-4-7-24(34)20-23)19-17-22-9-11-25(12-10-22)35-30(40)28-8-5-18-37(28)32(42)45-27-15-13-26(14-16-27)38(43)44/h4,6-7,9-16,20,28-29,39H,5,8,17-19,21H2,1-3H3,(H,35,40). The largest absolute Gasteiger partial charge is 0.444 e. The minimum atomic E-state index is -0.967. The summed E-state index contributed by atoms with van der Waals surface area (Å²) in [6, 6.07) is 18.3. The molecule has 0 radical (unpaired) electrons. The van der Waals surface area contributed by atoms with Crippen molar-refractivity contribution in [2.24, 2.45) is 0 Å². The highest BCUT2D eigenvalue weighted by Crippen LogP contribution is 2.24. The van der Waals surface area contributed by atoms with Crippen LogP contribution in [-0.2, 0) is 16.0 Å². The van der Waals surface area contributed by atoms with E-state index < -0.39 is 34.9 Å². The van der Waals surface area contributed by atoms with Crippen LogP contribution in [0.15, 0.2) is 72.8 Å². The second kappa shape index (κ2) is 15.1. The highest BCUT2D eigenvalue weighted by Gasteiger charge is 2.35. The van der Waals surface area contributed by atoms with E-state index in [1.807, 2.05) is 12.1 Å². The van der Waals surface area contributed by atoms with Gasteiger partial charge in [0, 0.05) is 35.9 Å². The van der Waals surface area contributed by atoms with E-state index in [1.165, 1.54) is 34.1 Å². The highest BCUT2D eigenvalue weighted by molar-refractivity contribution is 6.30. The number of nitrogens with zero attached hydrogens (tertiary/aromatic N) is 3. The van der Waals surface area contributed by atoms with Gasteiger partial charge in [0.1, 0.15) is 17.4 Å². The van der Waals surface area contributed by atoms with Gasteiger partial charge in [0.15, 0.2) is 0 Å². The molecule has 46 heavy (non-hydrogen) atoms. The van der Waals surface area contributed by atoms with Crippen LogP contribution in [0.2, 0.25) is 5.02 Å². The van der Waals surface area contributed by atoms with E-state index in [2.05, 4.69) is 5.32 Å². The number of likely N-dealkylation sites (tertiary alicyclic amines) is 1. The molecule has 3 amide bonds. The summed E-state index contributed by atoms with van der Waals surface area (Å²) in [5, 5.41) is 25.0. The van der Waals surface area contributed by atoms with Crippen molar-refractivity contribution in [3.8, 4) is 5.75 Å². The predicted octanol–water partition coefficient (Wildman–Crippen LogP) is 6.36. The summed E-state index contributed by atoms with van der Waals surface area (Å²) in [5.74, 6) is -0.224. The number of ether oxygens (including phenoxy) is 2. The van der Waals surface area contributed by atoms with Crippen LogP contribution in [0, 0.1) is 10.1 Å². The van der Waals surface area contributed by atoms with E-state index >= 15 is 0 Å². The van der Waals surface area contributed by atoms with Gasteiger partial charge in [0.2, 0.25) is 5.91 Å². The Balaban J connectivity index is 1.34. The Labute approximate surface area is 272 Å². The van der Waals surface area contributed by atoms with Gasteiger partial charge in [-0.1, -0.05) is 35.9 Å². The number of anilines is 1. The molecule has 1 aliphatic rings. The van der Waals surface area contributed by atoms with E-state index in [-0.39, 0.29) is 30.4 Å². The monoisotopic (exact) mass is 652 g/mol. The summed E-state index contributed by atoms with van der Waals surface area (Å²) in [7, 11) is 0. The van der Waals surface area contributed by atoms with Crippen LogP contribution < -0.4 is 10.1 Å². The van der Waals surface area contributed by atoms with Gasteiger partial charge in [-0.15, -0.1) is 0 Å². The molecule has 13 heteroatoms. The van der Waals surface area contributed by atoms with Crippen LogP contribution in [0.1, 0.15) is 50.8 Å². The van der Waals surface area contributed by atoms with Crippen molar-refractivity contribution in [1.82, 2.24) is 9.80 Å². The Kier molecular flexibility index (Phi) is 11.2. The van der Waals surface area contributed by atoms with Gasteiger partial charge in [-0.25, -0.2) is 9.59 Å². The predicted molar refractivity (Wildman–Crippen MR) is 172 cm³/mol. The van der Waals surface area contributed by atoms with Crippen LogP contribution >= 0.6 is 11.6 Å². The first-order valence-electron chi connectivity index (χ1n) is 14.8. The molecule has 0 aliphatic carbocycles. The highest BCUT2D eigenvalue weighted by atomic mass is 35.5. The van der Waals surface area contributed by atoms with Gasteiger partial charge in [0.25, 0.3) is 5.69 Å². The lowest BCUT2D eigenvalue weighted by molar-refractivity contribution is -0.384. The van der Waals surface area contributed by atoms with Crippen molar-refractivity contribution >= 4 is 41.1 Å².